The van der Waals surface area contributed by atoms with Crippen LogP contribution in [0.4, 0.5) is 14.7 Å². The molecule has 1 aromatic carbocycles. The predicted octanol–water partition coefficient (Wildman–Crippen LogP) is 3.12. The molecule has 0 spiro atoms. The molecular weight excluding hydrogens is 390 g/mol. The zero-order chi connectivity index (χ0) is 21.3. The van der Waals surface area contributed by atoms with Crippen LogP contribution in [0.5, 0.6) is 0 Å². The number of anilines is 1. The van der Waals surface area contributed by atoms with Gasteiger partial charge in [-0.2, -0.15) is 5.10 Å². The summed E-state index contributed by atoms with van der Waals surface area (Å²) in [6.45, 7) is 0.547. The molecule has 2 aromatic heterocycles. The second-order valence-corrected chi connectivity index (χ2v) is 7.49. The monoisotopic (exact) mass is 412 g/mol. The van der Waals surface area contributed by atoms with Gasteiger partial charge in [-0.05, 0) is 37.1 Å². The Labute approximate surface area is 172 Å². The van der Waals surface area contributed by atoms with Crippen molar-refractivity contribution in [3.05, 3.63) is 59.6 Å². The van der Waals surface area contributed by atoms with Crippen LogP contribution in [0.15, 0.2) is 36.7 Å². The molecule has 156 valence electrons. The van der Waals surface area contributed by atoms with E-state index >= 15 is 0 Å². The molecule has 1 fully saturated rings. The first-order chi connectivity index (χ1) is 14.4. The Bertz CT molecular complexity index is 1070. The van der Waals surface area contributed by atoms with Gasteiger partial charge < -0.3 is 9.80 Å². The van der Waals surface area contributed by atoms with Crippen molar-refractivity contribution in [2.45, 2.75) is 25.3 Å². The molecular formula is C21H22F2N6O. The van der Waals surface area contributed by atoms with Crippen molar-refractivity contribution in [2.75, 3.05) is 25.5 Å². The van der Waals surface area contributed by atoms with Crippen molar-refractivity contribution >= 4 is 11.9 Å². The molecule has 1 atom stereocenters. The van der Waals surface area contributed by atoms with Crippen LogP contribution < -0.4 is 4.90 Å². The molecule has 0 radical (unpaired) electrons. The van der Waals surface area contributed by atoms with E-state index in [9.17, 15) is 13.6 Å². The van der Waals surface area contributed by atoms with E-state index < -0.39 is 11.6 Å². The van der Waals surface area contributed by atoms with E-state index in [2.05, 4.69) is 20.2 Å². The van der Waals surface area contributed by atoms with Gasteiger partial charge in [0.25, 0.3) is 0 Å². The minimum absolute atomic E-state index is 0.0573. The van der Waals surface area contributed by atoms with Gasteiger partial charge in [-0.25, -0.2) is 18.7 Å². The van der Waals surface area contributed by atoms with Crippen molar-refractivity contribution in [1.82, 2.24) is 25.1 Å². The van der Waals surface area contributed by atoms with Crippen LogP contribution in [0.25, 0.3) is 11.3 Å². The molecule has 1 aliphatic rings. The average molecular weight is 412 g/mol. The first-order valence-electron chi connectivity index (χ1n) is 9.71. The predicted molar refractivity (Wildman–Crippen MR) is 108 cm³/mol. The second kappa shape index (κ2) is 8.17. The van der Waals surface area contributed by atoms with Crippen molar-refractivity contribution in [3.63, 3.8) is 0 Å². The quantitative estimate of drug-likeness (QED) is 0.697. The van der Waals surface area contributed by atoms with Gasteiger partial charge in [0, 0.05) is 38.0 Å². The fraction of sp³-hybridized carbons (Fsp3) is 0.333. The minimum atomic E-state index is -0.583. The molecule has 1 N–H and O–H groups in total. The summed E-state index contributed by atoms with van der Waals surface area (Å²) in [6.07, 6.45) is 4.73. The summed E-state index contributed by atoms with van der Waals surface area (Å²) in [6, 6.07) is 4.73. The Morgan fingerprint density at radius 1 is 1.30 bits per heavy atom. The molecule has 1 saturated heterocycles. The maximum Gasteiger partial charge on any atom is 0.227 e. The van der Waals surface area contributed by atoms with Gasteiger partial charge in [0.05, 0.1) is 30.0 Å². The largest absolute Gasteiger partial charge is 0.347 e. The number of aromatic amines is 1. The molecule has 30 heavy (non-hydrogen) atoms. The maximum atomic E-state index is 14.0. The lowest BCUT2D eigenvalue weighted by Crippen LogP contribution is -2.32. The van der Waals surface area contributed by atoms with Crippen LogP contribution in [0.2, 0.25) is 0 Å². The third kappa shape index (κ3) is 3.87. The molecule has 9 heteroatoms. The fourth-order valence-electron chi connectivity index (χ4n) is 3.78. The summed E-state index contributed by atoms with van der Waals surface area (Å²) in [4.78, 5) is 25.3. The highest BCUT2D eigenvalue weighted by Crippen LogP contribution is 2.36. The number of carbonyl (C=O) groups excluding carboxylic acids is 1. The van der Waals surface area contributed by atoms with Gasteiger partial charge in [-0.3, -0.25) is 9.89 Å². The molecule has 1 aliphatic heterocycles. The number of H-pyrrole nitrogens is 1. The van der Waals surface area contributed by atoms with E-state index in [4.69, 9.17) is 0 Å². The number of carbonyl (C=O) groups is 1. The highest BCUT2D eigenvalue weighted by molar-refractivity contribution is 5.80. The van der Waals surface area contributed by atoms with Crippen LogP contribution in [0.3, 0.4) is 0 Å². The molecule has 3 heterocycles. The molecule has 7 nitrogen and oxygen atoms in total. The SMILES string of the molecule is CN(C)c1nccc(-c2cn[nH]c2[C@H]2CCCN2C(=O)Cc2cc(F)ccc2F)n1. The molecule has 0 bridgehead atoms. The normalized spacial score (nSPS) is 16.1. The summed E-state index contributed by atoms with van der Waals surface area (Å²) in [5.41, 5.74) is 2.33. The number of hydrogen-bond donors (Lipinski definition) is 1. The van der Waals surface area contributed by atoms with Crippen molar-refractivity contribution in [3.8, 4) is 11.3 Å². The highest BCUT2D eigenvalue weighted by atomic mass is 19.1. The number of halogens is 2. The van der Waals surface area contributed by atoms with E-state index in [1.165, 1.54) is 0 Å². The smallest absolute Gasteiger partial charge is 0.227 e. The molecule has 3 aromatic rings. The Hall–Kier alpha value is -3.36. The second-order valence-electron chi connectivity index (χ2n) is 7.49. The zero-order valence-electron chi connectivity index (χ0n) is 16.8. The van der Waals surface area contributed by atoms with Crippen LogP contribution in [0, 0.1) is 11.6 Å². The first-order valence-corrected chi connectivity index (χ1v) is 9.71. The summed E-state index contributed by atoms with van der Waals surface area (Å²) < 4.78 is 27.5. The topological polar surface area (TPSA) is 78.0 Å². The first kappa shape index (κ1) is 19.9. The number of aromatic nitrogens is 4. The number of amides is 1. The van der Waals surface area contributed by atoms with Crippen molar-refractivity contribution in [2.24, 2.45) is 0 Å². The Morgan fingerprint density at radius 3 is 2.93 bits per heavy atom. The number of hydrogen-bond acceptors (Lipinski definition) is 5. The Balaban J connectivity index is 1.60. The van der Waals surface area contributed by atoms with Gasteiger partial charge in [0.1, 0.15) is 11.6 Å². The molecule has 0 saturated carbocycles. The lowest BCUT2D eigenvalue weighted by Gasteiger charge is -2.25. The number of nitrogens with one attached hydrogen (secondary N) is 1. The zero-order valence-corrected chi connectivity index (χ0v) is 16.8. The van der Waals surface area contributed by atoms with Gasteiger partial charge in [0.2, 0.25) is 11.9 Å². The van der Waals surface area contributed by atoms with Crippen molar-refractivity contribution < 1.29 is 13.6 Å². The highest BCUT2D eigenvalue weighted by Gasteiger charge is 2.33. The minimum Gasteiger partial charge on any atom is -0.347 e. The fourth-order valence-corrected chi connectivity index (χ4v) is 3.78. The third-order valence-corrected chi connectivity index (χ3v) is 5.24. The molecule has 0 aliphatic carbocycles. The van der Waals surface area contributed by atoms with Gasteiger partial charge >= 0.3 is 0 Å². The Morgan fingerprint density at radius 2 is 2.13 bits per heavy atom. The maximum absolute atomic E-state index is 14.0. The molecule has 4 rings (SSSR count). The van der Waals surface area contributed by atoms with Gasteiger partial charge in [0.15, 0.2) is 0 Å². The molecule has 1 amide bonds. The van der Waals surface area contributed by atoms with E-state index in [0.29, 0.717) is 18.2 Å². The van der Waals surface area contributed by atoms with Crippen molar-refractivity contribution in [1.29, 1.82) is 0 Å². The molecule has 0 unspecified atom stereocenters. The lowest BCUT2D eigenvalue weighted by atomic mass is 10.0. The van der Waals surface area contributed by atoms with E-state index in [-0.39, 0.29) is 23.9 Å². The number of likely N-dealkylation sites (tertiary alicyclic amines) is 1. The van der Waals surface area contributed by atoms with Crippen LogP contribution >= 0.6 is 0 Å². The lowest BCUT2D eigenvalue weighted by molar-refractivity contribution is -0.131. The number of benzene rings is 1. The van der Waals surface area contributed by atoms with E-state index in [0.717, 1.165) is 42.3 Å². The number of nitrogens with zero attached hydrogens (tertiary/aromatic N) is 5. The van der Waals surface area contributed by atoms with E-state index in [1.54, 1.807) is 23.4 Å². The average Bonchev–Trinajstić information content (AvgIpc) is 3.39. The van der Waals surface area contributed by atoms with Crippen LogP contribution in [-0.4, -0.2) is 51.6 Å². The standard InChI is InChI=1S/C21H22F2N6O/c1-28(2)21-24-8-7-17(26-21)15-12-25-27-20(15)18-4-3-9-29(18)19(30)11-13-10-14(22)5-6-16(13)23/h5-8,10,12,18H,3-4,9,11H2,1-2H3,(H,25,27)/t18-/m1/s1. The Kier molecular flexibility index (Phi) is 5.43. The summed E-state index contributed by atoms with van der Waals surface area (Å²) in [7, 11) is 3.72. The van der Waals surface area contributed by atoms with E-state index in [1.807, 2.05) is 19.0 Å². The summed E-state index contributed by atoms with van der Waals surface area (Å²) in [5, 5.41) is 7.19. The van der Waals surface area contributed by atoms with Crippen LogP contribution in [0.1, 0.15) is 30.1 Å². The summed E-state index contributed by atoms with van der Waals surface area (Å²) >= 11 is 0. The summed E-state index contributed by atoms with van der Waals surface area (Å²) in [5.74, 6) is -0.826. The van der Waals surface area contributed by atoms with Gasteiger partial charge in [-0.15, -0.1) is 0 Å². The third-order valence-electron chi connectivity index (χ3n) is 5.24. The van der Waals surface area contributed by atoms with Gasteiger partial charge in [-0.1, -0.05) is 0 Å². The van der Waals surface area contributed by atoms with Crippen LogP contribution in [-0.2, 0) is 11.2 Å². The number of rotatable bonds is 5.